The summed E-state index contributed by atoms with van der Waals surface area (Å²) in [6.45, 7) is 1.41. The molecule has 0 aliphatic heterocycles. The second kappa shape index (κ2) is 4.23. The first-order chi connectivity index (χ1) is 5.79. The first kappa shape index (κ1) is 8.39. The molecular formula is C8H9N3O. The van der Waals surface area contributed by atoms with Gasteiger partial charge in [-0.15, -0.1) is 0 Å². The van der Waals surface area contributed by atoms with Crippen molar-refractivity contribution < 1.29 is 4.79 Å². The normalized spacial score (nSPS) is 10.1. The van der Waals surface area contributed by atoms with E-state index < -0.39 is 0 Å². The Hall–Kier alpha value is -1.71. The maximum Gasteiger partial charge on any atom is 0.236 e. The van der Waals surface area contributed by atoms with Gasteiger partial charge in [-0.1, -0.05) is 0 Å². The molecule has 4 heteroatoms. The highest BCUT2D eigenvalue weighted by Crippen LogP contribution is 1.89. The number of hydrogen-bond acceptors (Lipinski definition) is 3. The number of hydrazone groups is 1. The van der Waals surface area contributed by atoms with Gasteiger partial charge in [-0.2, -0.15) is 5.10 Å². The van der Waals surface area contributed by atoms with E-state index in [2.05, 4.69) is 15.5 Å². The SMILES string of the molecule is CC(=O)NN=Cc1ccncc1. The topological polar surface area (TPSA) is 54.4 Å². The maximum atomic E-state index is 10.4. The molecule has 0 aliphatic rings. The molecule has 1 amide bonds. The number of aromatic nitrogens is 1. The molecule has 0 unspecified atom stereocenters. The fourth-order valence-electron chi connectivity index (χ4n) is 0.647. The molecule has 0 saturated heterocycles. The minimum atomic E-state index is -0.180. The van der Waals surface area contributed by atoms with Crippen molar-refractivity contribution in [2.24, 2.45) is 5.10 Å². The zero-order valence-corrected chi connectivity index (χ0v) is 6.69. The Morgan fingerprint density at radius 2 is 2.25 bits per heavy atom. The van der Waals surface area contributed by atoms with Gasteiger partial charge in [0.15, 0.2) is 0 Å². The molecule has 0 radical (unpaired) electrons. The summed E-state index contributed by atoms with van der Waals surface area (Å²) in [5.41, 5.74) is 3.21. The van der Waals surface area contributed by atoms with Crippen LogP contribution < -0.4 is 5.43 Å². The molecule has 0 aromatic carbocycles. The van der Waals surface area contributed by atoms with Crippen LogP contribution >= 0.6 is 0 Å². The van der Waals surface area contributed by atoms with Gasteiger partial charge in [0.05, 0.1) is 6.21 Å². The Morgan fingerprint density at radius 3 is 2.83 bits per heavy atom. The molecule has 1 N–H and O–H groups in total. The number of nitrogens with one attached hydrogen (secondary N) is 1. The second-order valence-electron chi connectivity index (χ2n) is 2.21. The summed E-state index contributed by atoms with van der Waals surface area (Å²) in [7, 11) is 0. The highest BCUT2D eigenvalue weighted by Gasteiger charge is 1.85. The van der Waals surface area contributed by atoms with Gasteiger partial charge in [-0.3, -0.25) is 9.78 Å². The van der Waals surface area contributed by atoms with E-state index in [0.29, 0.717) is 0 Å². The van der Waals surface area contributed by atoms with Crippen LogP contribution in [-0.2, 0) is 4.79 Å². The maximum absolute atomic E-state index is 10.4. The van der Waals surface area contributed by atoms with E-state index in [4.69, 9.17) is 0 Å². The third-order valence-corrected chi connectivity index (χ3v) is 1.14. The van der Waals surface area contributed by atoms with Gasteiger partial charge in [0.1, 0.15) is 0 Å². The Balaban J connectivity index is 2.52. The van der Waals surface area contributed by atoms with Crippen molar-refractivity contribution in [2.45, 2.75) is 6.92 Å². The van der Waals surface area contributed by atoms with Gasteiger partial charge < -0.3 is 0 Å². The molecule has 1 heterocycles. The third-order valence-electron chi connectivity index (χ3n) is 1.14. The molecule has 0 fully saturated rings. The van der Waals surface area contributed by atoms with E-state index in [1.54, 1.807) is 30.7 Å². The van der Waals surface area contributed by atoms with E-state index >= 15 is 0 Å². The molecule has 62 valence electrons. The van der Waals surface area contributed by atoms with Crippen LogP contribution in [0.15, 0.2) is 29.6 Å². The molecule has 12 heavy (non-hydrogen) atoms. The fourth-order valence-corrected chi connectivity index (χ4v) is 0.647. The van der Waals surface area contributed by atoms with Crippen molar-refractivity contribution in [3.05, 3.63) is 30.1 Å². The minimum absolute atomic E-state index is 0.180. The Labute approximate surface area is 70.3 Å². The first-order valence-electron chi connectivity index (χ1n) is 3.49. The van der Waals surface area contributed by atoms with Crippen LogP contribution in [0.3, 0.4) is 0 Å². The minimum Gasteiger partial charge on any atom is -0.274 e. The van der Waals surface area contributed by atoms with Gasteiger partial charge in [0, 0.05) is 19.3 Å². The summed E-state index contributed by atoms with van der Waals surface area (Å²) in [5, 5.41) is 3.69. The van der Waals surface area contributed by atoms with Crippen molar-refractivity contribution in [2.75, 3.05) is 0 Å². The quantitative estimate of drug-likeness (QED) is 0.511. The largest absolute Gasteiger partial charge is 0.274 e. The molecule has 0 aliphatic carbocycles. The van der Waals surface area contributed by atoms with E-state index in [9.17, 15) is 4.79 Å². The van der Waals surface area contributed by atoms with Crippen LogP contribution in [0, 0.1) is 0 Å². The van der Waals surface area contributed by atoms with Crippen molar-refractivity contribution >= 4 is 12.1 Å². The van der Waals surface area contributed by atoms with Crippen molar-refractivity contribution in [1.82, 2.24) is 10.4 Å². The smallest absolute Gasteiger partial charge is 0.236 e. The number of carbonyl (C=O) groups is 1. The van der Waals surface area contributed by atoms with Crippen LogP contribution in [0.2, 0.25) is 0 Å². The summed E-state index contributed by atoms with van der Waals surface area (Å²) >= 11 is 0. The molecule has 1 rings (SSSR count). The molecule has 1 aromatic heterocycles. The Kier molecular flexibility index (Phi) is 2.95. The lowest BCUT2D eigenvalue weighted by Gasteiger charge is -1.91. The summed E-state index contributed by atoms with van der Waals surface area (Å²) in [6.07, 6.45) is 4.88. The number of nitrogens with zero attached hydrogens (tertiary/aromatic N) is 2. The predicted molar refractivity (Wildman–Crippen MR) is 45.6 cm³/mol. The monoisotopic (exact) mass is 163 g/mol. The van der Waals surface area contributed by atoms with Crippen LogP contribution in [0.1, 0.15) is 12.5 Å². The van der Waals surface area contributed by atoms with E-state index in [1.807, 2.05) is 0 Å². The van der Waals surface area contributed by atoms with Gasteiger partial charge in [-0.05, 0) is 17.7 Å². The van der Waals surface area contributed by atoms with Crippen molar-refractivity contribution in [3.8, 4) is 0 Å². The molecule has 4 nitrogen and oxygen atoms in total. The predicted octanol–water partition coefficient (Wildman–Crippen LogP) is 0.552. The molecule has 0 saturated carbocycles. The van der Waals surface area contributed by atoms with Crippen molar-refractivity contribution in [1.29, 1.82) is 0 Å². The number of pyridine rings is 1. The standard InChI is InChI=1S/C8H9N3O/c1-7(12)11-10-6-8-2-4-9-5-3-8/h2-6H,1H3,(H,11,12). The van der Waals surface area contributed by atoms with Crippen LogP contribution in [-0.4, -0.2) is 17.1 Å². The zero-order chi connectivity index (χ0) is 8.81. The van der Waals surface area contributed by atoms with E-state index in [0.717, 1.165) is 5.56 Å². The van der Waals surface area contributed by atoms with E-state index in [-0.39, 0.29) is 5.91 Å². The lowest BCUT2D eigenvalue weighted by atomic mass is 10.3. The third kappa shape index (κ3) is 2.92. The number of carbonyl (C=O) groups excluding carboxylic acids is 1. The first-order valence-corrected chi connectivity index (χ1v) is 3.49. The number of rotatable bonds is 2. The molecular weight excluding hydrogens is 154 g/mol. The summed E-state index contributed by atoms with van der Waals surface area (Å²) < 4.78 is 0. The van der Waals surface area contributed by atoms with Gasteiger partial charge in [0.2, 0.25) is 5.91 Å². The molecule has 0 bridgehead atoms. The Bertz CT molecular complexity index is 282. The summed E-state index contributed by atoms with van der Waals surface area (Å²) in [6, 6.07) is 3.59. The lowest BCUT2D eigenvalue weighted by Crippen LogP contribution is -2.12. The summed E-state index contributed by atoms with van der Waals surface area (Å²) in [4.78, 5) is 14.2. The van der Waals surface area contributed by atoms with Crippen LogP contribution in [0.4, 0.5) is 0 Å². The van der Waals surface area contributed by atoms with Gasteiger partial charge in [0.25, 0.3) is 0 Å². The molecule has 0 spiro atoms. The highest BCUT2D eigenvalue weighted by molar-refractivity contribution is 5.81. The molecule has 1 aromatic rings. The lowest BCUT2D eigenvalue weighted by molar-refractivity contribution is -0.118. The zero-order valence-electron chi connectivity index (χ0n) is 6.69. The number of amides is 1. The van der Waals surface area contributed by atoms with E-state index in [1.165, 1.54) is 6.92 Å². The average molecular weight is 163 g/mol. The fraction of sp³-hybridized carbons (Fsp3) is 0.125. The Morgan fingerprint density at radius 1 is 1.58 bits per heavy atom. The van der Waals surface area contributed by atoms with Crippen LogP contribution in [0.25, 0.3) is 0 Å². The van der Waals surface area contributed by atoms with Crippen molar-refractivity contribution in [3.63, 3.8) is 0 Å². The molecule has 0 atom stereocenters. The number of hydrogen-bond donors (Lipinski definition) is 1. The summed E-state index contributed by atoms with van der Waals surface area (Å²) in [5.74, 6) is -0.180. The van der Waals surface area contributed by atoms with Gasteiger partial charge >= 0.3 is 0 Å². The second-order valence-corrected chi connectivity index (χ2v) is 2.21. The highest BCUT2D eigenvalue weighted by atomic mass is 16.2. The average Bonchev–Trinajstić information content (AvgIpc) is 2.05. The van der Waals surface area contributed by atoms with Gasteiger partial charge in [-0.25, -0.2) is 5.43 Å². The van der Waals surface area contributed by atoms with Crippen LogP contribution in [0.5, 0.6) is 0 Å².